The molecule has 0 N–H and O–H groups in total. The van der Waals surface area contributed by atoms with Gasteiger partial charge in [-0.3, -0.25) is 9.69 Å². The lowest BCUT2D eigenvalue weighted by Gasteiger charge is -2.29. The van der Waals surface area contributed by atoms with Crippen LogP contribution in [0.2, 0.25) is 0 Å². The van der Waals surface area contributed by atoms with Gasteiger partial charge < -0.3 is 9.64 Å². The van der Waals surface area contributed by atoms with Crippen molar-refractivity contribution in [3.05, 3.63) is 30.3 Å². The molecule has 0 spiro atoms. The number of hydrogen-bond acceptors (Lipinski definition) is 5. The van der Waals surface area contributed by atoms with E-state index in [0.29, 0.717) is 13.0 Å². The number of hydrogen-bond donors (Lipinski definition) is 0. The zero-order valence-electron chi connectivity index (χ0n) is 14.6. The summed E-state index contributed by atoms with van der Waals surface area (Å²) in [6.07, 6.45) is 2.54. The first-order valence-electron chi connectivity index (χ1n) is 8.82. The van der Waals surface area contributed by atoms with Crippen LogP contribution in [-0.2, 0) is 14.6 Å². The summed E-state index contributed by atoms with van der Waals surface area (Å²) in [5.74, 6) is 1.27. The molecule has 1 aromatic rings. The average Bonchev–Trinajstić information content (AvgIpc) is 3.20. The largest absolute Gasteiger partial charge is 0.491 e. The smallest absolute Gasteiger partial charge is 0.237 e. The lowest BCUT2D eigenvalue weighted by atomic mass is 10.2. The minimum atomic E-state index is -2.93. The maximum absolute atomic E-state index is 12.7. The molecule has 0 radical (unpaired) electrons. The van der Waals surface area contributed by atoms with E-state index < -0.39 is 9.84 Å². The monoisotopic (exact) mass is 366 g/mol. The summed E-state index contributed by atoms with van der Waals surface area (Å²) in [7, 11) is -1.09. The highest BCUT2D eigenvalue weighted by atomic mass is 32.2. The molecule has 1 amide bonds. The number of ether oxygens (including phenoxy) is 1. The molecule has 6 nitrogen and oxygen atoms in total. The molecule has 3 rings (SSSR count). The number of sulfone groups is 1. The molecule has 2 saturated heterocycles. The Balaban J connectivity index is 1.52. The van der Waals surface area contributed by atoms with Crippen LogP contribution in [0.3, 0.4) is 0 Å². The Morgan fingerprint density at radius 1 is 1.28 bits per heavy atom. The van der Waals surface area contributed by atoms with Gasteiger partial charge >= 0.3 is 0 Å². The Bertz CT molecular complexity index is 692. The zero-order chi connectivity index (χ0) is 17.9. The molecule has 25 heavy (non-hydrogen) atoms. The van der Waals surface area contributed by atoms with Crippen molar-refractivity contribution in [3.8, 4) is 5.75 Å². The lowest BCUT2D eigenvalue weighted by molar-refractivity contribution is -0.133. The van der Waals surface area contributed by atoms with Gasteiger partial charge in [0.15, 0.2) is 9.84 Å². The number of para-hydroxylation sites is 1. The Morgan fingerprint density at radius 2 is 2.04 bits per heavy atom. The standard InChI is InChI=1S/C18H26N2O4S/c1-19(16-9-11-25(22,23)14-16)12-18(21)20-10-5-6-15(20)13-24-17-7-3-2-4-8-17/h2-4,7-8,15-16H,5-6,9-14H2,1H3/t15-,16?/m0/s1. The summed E-state index contributed by atoms with van der Waals surface area (Å²) >= 11 is 0. The number of likely N-dealkylation sites (N-methyl/N-ethyl adjacent to an activating group) is 1. The van der Waals surface area contributed by atoms with Crippen LogP contribution in [0.5, 0.6) is 5.75 Å². The van der Waals surface area contributed by atoms with Crippen LogP contribution in [0, 0.1) is 0 Å². The van der Waals surface area contributed by atoms with Gasteiger partial charge in [0.25, 0.3) is 0 Å². The first kappa shape index (κ1) is 18.2. The van der Waals surface area contributed by atoms with Gasteiger partial charge in [-0.15, -0.1) is 0 Å². The van der Waals surface area contributed by atoms with Gasteiger partial charge in [0.1, 0.15) is 12.4 Å². The molecule has 1 unspecified atom stereocenters. The molecule has 0 aliphatic carbocycles. The number of nitrogens with zero attached hydrogens (tertiary/aromatic N) is 2. The number of rotatable bonds is 6. The molecule has 0 saturated carbocycles. The van der Waals surface area contributed by atoms with Gasteiger partial charge in [-0.2, -0.15) is 0 Å². The van der Waals surface area contributed by atoms with E-state index in [9.17, 15) is 13.2 Å². The molecule has 138 valence electrons. The summed E-state index contributed by atoms with van der Waals surface area (Å²) in [5, 5.41) is 0. The van der Waals surface area contributed by atoms with E-state index in [0.717, 1.165) is 25.1 Å². The van der Waals surface area contributed by atoms with Crippen molar-refractivity contribution in [3.63, 3.8) is 0 Å². The van der Waals surface area contributed by atoms with Gasteiger partial charge in [0.05, 0.1) is 24.1 Å². The topological polar surface area (TPSA) is 66.9 Å². The third kappa shape index (κ3) is 4.73. The molecule has 2 aliphatic heterocycles. The summed E-state index contributed by atoms with van der Waals surface area (Å²) in [6.45, 7) is 1.51. The van der Waals surface area contributed by atoms with Gasteiger partial charge in [-0.1, -0.05) is 18.2 Å². The third-order valence-electron chi connectivity index (χ3n) is 5.10. The Labute approximate surface area is 149 Å². The molecular formula is C18H26N2O4S. The Morgan fingerprint density at radius 3 is 2.72 bits per heavy atom. The summed E-state index contributed by atoms with van der Waals surface area (Å²) in [5.41, 5.74) is 0. The van der Waals surface area contributed by atoms with Crippen molar-refractivity contribution in [1.82, 2.24) is 9.80 Å². The van der Waals surface area contributed by atoms with Crippen LogP contribution in [0.1, 0.15) is 19.3 Å². The second kappa shape index (κ2) is 7.74. The minimum Gasteiger partial charge on any atom is -0.491 e. The van der Waals surface area contributed by atoms with Crippen molar-refractivity contribution in [2.24, 2.45) is 0 Å². The van der Waals surface area contributed by atoms with Crippen molar-refractivity contribution < 1.29 is 17.9 Å². The van der Waals surface area contributed by atoms with Crippen molar-refractivity contribution in [2.75, 3.05) is 38.2 Å². The highest BCUT2D eigenvalue weighted by molar-refractivity contribution is 7.91. The number of carbonyl (C=O) groups excluding carboxylic acids is 1. The van der Waals surface area contributed by atoms with Gasteiger partial charge in [0, 0.05) is 12.6 Å². The van der Waals surface area contributed by atoms with E-state index in [-0.39, 0.29) is 36.0 Å². The summed E-state index contributed by atoms with van der Waals surface area (Å²) < 4.78 is 29.1. The first-order valence-corrected chi connectivity index (χ1v) is 10.6. The predicted molar refractivity (Wildman–Crippen MR) is 96.4 cm³/mol. The van der Waals surface area contributed by atoms with Crippen LogP contribution in [-0.4, -0.2) is 74.5 Å². The van der Waals surface area contributed by atoms with E-state index >= 15 is 0 Å². The van der Waals surface area contributed by atoms with Crippen LogP contribution in [0.25, 0.3) is 0 Å². The van der Waals surface area contributed by atoms with Gasteiger partial charge in [0.2, 0.25) is 5.91 Å². The van der Waals surface area contributed by atoms with Crippen molar-refractivity contribution in [2.45, 2.75) is 31.3 Å². The Hall–Kier alpha value is -1.60. The Kier molecular flexibility index (Phi) is 5.64. The fourth-order valence-electron chi connectivity index (χ4n) is 3.60. The maximum atomic E-state index is 12.7. The fourth-order valence-corrected chi connectivity index (χ4v) is 5.41. The third-order valence-corrected chi connectivity index (χ3v) is 6.85. The lowest BCUT2D eigenvalue weighted by Crippen LogP contribution is -2.46. The normalized spacial score (nSPS) is 25.4. The number of benzene rings is 1. The van der Waals surface area contributed by atoms with E-state index in [4.69, 9.17) is 4.74 Å². The van der Waals surface area contributed by atoms with Gasteiger partial charge in [-0.25, -0.2) is 8.42 Å². The highest BCUT2D eigenvalue weighted by Crippen LogP contribution is 2.21. The number of likely N-dealkylation sites (tertiary alicyclic amines) is 1. The minimum absolute atomic E-state index is 0.0458. The molecule has 1 aromatic carbocycles. The summed E-state index contributed by atoms with van der Waals surface area (Å²) in [4.78, 5) is 16.5. The molecule has 0 bridgehead atoms. The highest BCUT2D eigenvalue weighted by Gasteiger charge is 2.34. The molecule has 2 atom stereocenters. The van der Waals surface area contributed by atoms with Crippen LogP contribution >= 0.6 is 0 Å². The number of amides is 1. The van der Waals surface area contributed by atoms with Crippen molar-refractivity contribution in [1.29, 1.82) is 0 Å². The molecule has 0 aromatic heterocycles. The second-order valence-corrected chi connectivity index (χ2v) is 9.21. The molecule has 2 fully saturated rings. The number of carbonyl (C=O) groups is 1. The predicted octanol–water partition coefficient (Wildman–Crippen LogP) is 1.18. The van der Waals surface area contributed by atoms with Crippen LogP contribution in [0.4, 0.5) is 0 Å². The van der Waals surface area contributed by atoms with E-state index in [1.165, 1.54) is 0 Å². The van der Waals surface area contributed by atoms with E-state index in [1.54, 1.807) is 0 Å². The molecule has 7 heteroatoms. The first-order chi connectivity index (χ1) is 11.9. The average molecular weight is 366 g/mol. The van der Waals surface area contributed by atoms with Crippen LogP contribution < -0.4 is 4.74 Å². The van der Waals surface area contributed by atoms with Crippen molar-refractivity contribution >= 4 is 15.7 Å². The molecular weight excluding hydrogens is 340 g/mol. The summed E-state index contributed by atoms with van der Waals surface area (Å²) in [6, 6.07) is 9.67. The second-order valence-electron chi connectivity index (χ2n) is 6.98. The fraction of sp³-hybridized carbons (Fsp3) is 0.611. The quantitative estimate of drug-likeness (QED) is 0.756. The maximum Gasteiger partial charge on any atom is 0.237 e. The molecule has 2 heterocycles. The SMILES string of the molecule is CN(CC(=O)N1CCC[C@H]1COc1ccccc1)C1CCS(=O)(=O)C1. The van der Waals surface area contributed by atoms with E-state index in [2.05, 4.69) is 0 Å². The van der Waals surface area contributed by atoms with Crippen LogP contribution in [0.15, 0.2) is 30.3 Å². The zero-order valence-corrected chi connectivity index (χ0v) is 15.5. The molecule has 2 aliphatic rings. The van der Waals surface area contributed by atoms with E-state index in [1.807, 2.05) is 47.2 Å². The van der Waals surface area contributed by atoms with Gasteiger partial charge in [-0.05, 0) is 38.4 Å².